The molecule has 0 fully saturated rings. The van der Waals surface area contributed by atoms with E-state index in [1.54, 1.807) is 11.8 Å². The van der Waals surface area contributed by atoms with Crippen molar-refractivity contribution < 1.29 is 0 Å². The molecule has 1 aromatic carbocycles. The van der Waals surface area contributed by atoms with E-state index in [-0.39, 0.29) is 6.04 Å². The molecule has 0 radical (unpaired) electrons. The first-order valence-corrected chi connectivity index (χ1v) is 6.94. The Morgan fingerprint density at radius 2 is 2.12 bits per heavy atom. The van der Waals surface area contributed by atoms with E-state index in [0.29, 0.717) is 0 Å². The van der Waals surface area contributed by atoms with Crippen molar-refractivity contribution in [3.63, 3.8) is 0 Å². The highest BCUT2D eigenvalue weighted by Gasteiger charge is 2.14. The molecule has 0 saturated heterocycles. The molecule has 0 aromatic heterocycles. The molecule has 1 aromatic rings. The summed E-state index contributed by atoms with van der Waals surface area (Å²) in [5.74, 6) is 0. The van der Waals surface area contributed by atoms with Gasteiger partial charge in [-0.05, 0) is 37.8 Å². The van der Waals surface area contributed by atoms with Crippen LogP contribution in [0, 0.1) is 0 Å². The van der Waals surface area contributed by atoms with Crippen molar-refractivity contribution in [1.29, 1.82) is 0 Å². The molecule has 2 heteroatoms. The van der Waals surface area contributed by atoms with Gasteiger partial charge in [0.25, 0.3) is 0 Å². The van der Waals surface area contributed by atoms with Crippen LogP contribution in [0.25, 0.3) is 0 Å². The van der Waals surface area contributed by atoms with Crippen molar-refractivity contribution in [2.45, 2.75) is 31.2 Å². The fourth-order valence-corrected chi connectivity index (χ4v) is 2.38. The normalized spacial score (nSPS) is 12.4. The summed E-state index contributed by atoms with van der Waals surface area (Å²) in [5.41, 5.74) is 2.52. The summed E-state index contributed by atoms with van der Waals surface area (Å²) in [6.07, 6.45) is 3.26. The second-order valence-corrected chi connectivity index (χ2v) is 4.82. The summed E-state index contributed by atoms with van der Waals surface area (Å²) in [6.45, 7) is 9.39. The maximum Gasteiger partial charge on any atom is 0.0541 e. The lowest BCUT2D eigenvalue weighted by molar-refractivity contribution is 0.584. The van der Waals surface area contributed by atoms with Crippen LogP contribution in [-0.2, 0) is 0 Å². The van der Waals surface area contributed by atoms with Gasteiger partial charge in [0.05, 0.1) is 6.04 Å². The molecular formula is C14H21NS. The molecule has 88 valence electrons. The van der Waals surface area contributed by atoms with Crippen LogP contribution in [0.4, 0.5) is 0 Å². The standard InChI is InChI=1S/C14H21NS/c1-5-10-15-14(11(2)3)12-8-6-7-9-13(12)16-4/h6-9,14-15H,2,5,10H2,1,3-4H3. The Morgan fingerprint density at radius 1 is 1.44 bits per heavy atom. The van der Waals surface area contributed by atoms with Crippen molar-refractivity contribution >= 4 is 11.8 Å². The van der Waals surface area contributed by atoms with Crippen LogP contribution in [0.2, 0.25) is 0 Å². The SMILES string of the molecule is C=C(C)C(NCCC)c1ccccc1SC. The molecule has 0 heterocycles. The second kappa shape index (κ2) is 6.77. The molecule has 1 N–H and O–H groups in total. The highest BCUT2D eigenvalue weighted by atomic mass is 32.2. The van der Waals surface area contributed by atoms with Crippen molar-refractivity contribution in [3.05, 3.63) is 42.0 Å². The van der Waals surface area contributed by atoms with Gasteiger partial charge in [0, 0.05) is 4.90 Å². The number of hydrogen-bond acceptors (Lipinski definition) is 2. The minimum atomic E-state index is 0.281. The first-order valence-electron chi connectivity index (χ1n) is 5.72. The predicted molar refractivity (Wildman–Crippen MR) is 74.1 cm³/mol. The first-order chi connectivity index (χ1) is 7.70. The number of benzene rings is 1. The van der Waals surface area contributed by atoms with Gasteiger partial charge < -0.3 is 5.32 Å². The van der Waals surface area contributed by atoms with Gasteiger partial charge in [-0.2, -0.15) is 0 Å². The highest BCUT2D eigenvalue weighted by molar-refractivity contribution is 7.98. The minimum Gasteiger partial charge on any atom is -0.307 e. The number of nitrogens with one attached hydrogen (secondary N) is 1. The number of thioether (sulfide) groups is 1. The molecular weight excluding hydrogens is 214 g/mol. The van der Waals surface area contributed by atoms with Crippen LogP contribution >= 0.6 is 11.8 Å². The zero-order chi connectivity index (χ0) is 12.0. The molecule has 0 amide bonds. The summed E-state index contributed by atoms with van der Waals surface area (Å²) in [5, 5.41) is 3.55. The van der Waals surface area contributed by atoms with Gasteiger partial charge in [-0.3, -0.25) is 0 Å². The molecule has 16 heavy (non-hydrogen) atoms. The third-order valence-electron chi connectivity index (χ3n) is 2.54. The number of rotatable bonds is 6. The lowest BCUT2D eigenvalue weighted by atomic mass is 10.0. The lowest BCUT2D eigenvalue weighted by Crippen LogP contribution is -2.23. The van der Waals surface area contributed by atoms with Gasteiger partial charge in [-0.15, -0.1) is 11.8 Å². The van der Waals surface area contributed by atoms with Gasteiger partial charge in [0.15, 0.2) is 0 Å². The van der Waals surface area contributed by atoms with Crippen LogP contribution < -0.4 is 5.32 Å². The van der Waals surface area contributed by atoms with Crippen LogP contribution in [0.3, 0.4) is 0 Å². The Bertz CT molecular complexity index is 346. The first kappa shape index (κ1) is 13.3. The largest absolute Gasteiger partial charge is 0.307 e. The van der Waals surface area contributed by atoms with Gasteiger partial charge in [-0.25, -0.2) is 0 Å². The Morgan fingerprint density at radius 3 is 2.69 bits per heavy atom. The Labute approximate surface area is 103 Å². The van der Waals surface area contributed by atoms with Crippen LogP contribution in [0.5, 0.6) is 0 Å². The summed E-state index contributed by atoms with van der Waals surface area (Å²) in [7, 11) is 0. The average molecular weight is 235 g/mol. The smallest absolute Gasteiger partial charge is 0.0541 e. The minimum absolute atomic E-state index is 0.281. The molecule has 0 aliphatic rings. The quantitative estimate of drug-likeness (QED) is 0.590. The van der Waals surface area contributed by atoms with E-state index in [1.165, 1.54) is 16.0 Å². The summed E-state index contributed by atoms with van der Waals surface area (Å²) in [4.78, 5) is 1.33. The number of hydrogen-bond donors (Lipinski definition) is 1. The predicted octanol–water partition coefficient (Wildman–Crippen LogP) is 4.03. The summed E-state index contributed by atoms with van der Waals surface area (Å²) >= 11 is 1.79. The second-order valence-electron chi connectivity index (χ2n) is 3.98. The highest BCUT2D eigenvalue weighted by Crippen LogP contribution is 2.29. The van der Waals surface area contributed by atoms with Crippen molar-refractivity contribution in [1.82, 2.24) is 5.32 Å². The Balaban J connectivity index is 2.95. The van der Waals surface area contributed by atoms with E-state index in [2.05, 4.69) is 56.3 Å². The summed E-state index contributed by atoms with van der Waals surface area (Å²) in [6, 6.07) is 8.82. The monoisotopic (exact) mass is 235 g/mol. The van der Waals surface area contributed by atoms with E-state index in [4.69, 9.17) is 0 Å². The maximum atomic E-state index is 4.09. The van der Waals surface area contributed by atoms with Crippen LogP contribution in [0.1, 0.15) is 31.9 Å². The molecule has 0 aliphatic carbocycles. The summed E-state index contributed by atoms with van der Waals surface area (Å²) < 4.78 is 0. The van der Waals surface area contributed by atoms with E-state index in [0.717, 1.165) is 13.0 Å². The topological polar surface area (TPSA) is 12.0 Å². The van der Waals surface area contributed by atoms with Crippen molar-refractivity contribution in [2.24, 2.45) is 0 Å². The fraction of sp³-hybridized carbons (Fsp3) is 0.429. The average Bonchev–Trinajstić information content (AvgIpc) is 2.29. The van der Waals surface area contributed by atoms with Gasteiger partial charge in [0.1, 0.15) is 0 Å². The Hall–Kier alpha value is -0.730. The van der Waals surface area contributed by atoms with Gasteiger partial charge in [0.2, 0.25) is 0 Å². The van der Waals surface area contributed by atoms with E-state index in [1.807, 2.05) is 0 Å². The van der Waals surface area contributed by atoms with E-state index in [9.17, 15) is 0 Å². The molecule has 1 rings (SSSR count). The van der Waals surface area contributed by atoms with Gasteiger partial charge >= 0.3 is 0 Å². The third-order valence-corrected chi connectivity index (χ3v) is 3.35. The molecule has 0 aliphatic heterocycles. The fourth-order valence-electron chi connectivity index (χ4n) is 1.74. The molecule has 1 nitrogen and oxygen atoms in total. The third kappa shape index (κ3) is 3.39. The molecule has 0 bridgehead atoms. The molecule has 1 unspecified atom stereocenters. The van der Waals surface area contributed by atoms with E-state index >= 15 is 0 Å². The van der Waals surface area contributed by atoms with Crippen LogP contribution in [0.15, 0.2) is 41.3 Å². The van der Waals surface area contributed by atoms with Crippen molar-refractivity contribution in [3.8, 4) is 0 Å². The van der Waals surface area contributed by atoms with E-state index < -0.39 is 0 Å². The molecule has 1 atom stereocenters. The zero-order valence-corrected chi connectivity index (χ0v) is 11.2. The van der Waals surface area contributed by atoms with Crippen LogP contribution in [-0.4, -0.2) is 12.8 Å². The maximum absolute atomic E-state index is 4.09. The van der Waals surface area contributed by atoms with Crippen molar-refractivity contribution in [2.75, 3.05) is 12.8 Å². The lowest BCUT2D eigenvalue weighted by Gasteiger charge is -2.21. The van der Waals surface area contributed by atoms with Gasteiger partial charge in [-0.1, -0.05) is 37.3 Å². The molecule has 0 spiro atoms. The Kier molecular flexibility index (Phi) is 5.64. The molecule has 0 saturated carbocycles. The zero-order valence-electron chi connectivity index (χ0n) is 10.4.